The van der Waals surface area contributed by atoms with Gasteiger partial charge in [0.05, 0.1) is 18.8 Å². The number of esters is 1. The van der Waals surface area contributed by atoms with Crippen molar-refractivity contribution in [2.24, 2.45) is 0 Å². The summed E-state index contributed by atoms with van der Waals surface area (Å²) in [6.07, 6.45) is 5.94. The number of carbonyl (C=O) groups is 1. The van der Waals surface area contributed by atoms with Crippen LogP contribution in [0.2, 0.25) is 0 Å². The molecule has 0 radical (unpaired) electrons. The van der Waals surface area contributed by atoms with Crippen LogP contribution in [0, 0.1) is 0 Å². The molecule has 1 saturated carbocycles. The molecule has 0 aliphatic heterocycles. The Morgan fingerprint density at radius 2 is 1.95 bits per heavy atom. The number of carbonyl (C=O) groups excluding carboxylic acids is 1. The Kier molecular flexibility index (Phi) is 3.97. The van der Waals surface area contributed by atoms with Crippen molar-refractivity contribution in [3.8, 4) is 0 Å². The van der Waals surface area contributed by atoms with E-state index in [1.165, 1.54) is 26.4 Å². The van der Waals surface area contributed by atoms with E-state index in [0.717, 1.165) is 18.5 Å². The third kappa shape index (κ3) is 2.99. The maximum absolute atomic E-state index is 11.9. The third-order valence-electron chi connectivity index (χ3n) is 3.82. The third-order valence-corrected chi connectivity index (χ3v) is 3.82. The summed E-state index contributed by atoms with van der Waals surface area (Å²) in [5.41, 5.74) is 1.50. The van der Waals surface area contributed by atoms with E-state index >= 15 is 0 Å². The molecule has 0 unspecified atom stereocenters. The van der Waals surface area contributed by atoms with E-state index < -0.39 is 0 Å². The zero-order chi connectivity index (χ0) is 14.0. The fraction of sp³-hybridized carbons (Fsp3) is 0.733. The van der Waals surface area contributed by atoms with Crippen LogP contribution in [0.3, 0.4) is 0 Å². The molecule has 0 amide bonds. The van der Waals surface area contributed by atoms with Gasteiger partial charge in [0.2, 0.25) is 0 Å². The van der Waals surface area contributed by atoms with E-state index in [9.17, 15) is 4.79 Å². The van der Waals surface area contributed by atoms with Crippen LogP contribution in [0.15, 0.2) is 6.07 Å². The Morgan fingerprint density at radius 1 is 1.32 bits per heavy atom. The highest BCUT2D eigenvalue weighted by molar-refractivity contribution is 5.87. The number of hydrogen-bond acceptors (Lipinski definition) is 3. The molecular formula is C15H24N2O2. The monoisotopic (exact) mass is 264 g/mol. The van der Waals surface area contributed by atoms with Gasteiger partial charge < -0.3 is 4.74 Å². The normalized spacial score (nSPS) is 17.5. The SMILES string of the molecule is COC(=O)c1cc(C(C)(C)C)nn1C1CCCCC1. The number of hydrogen-bond donors (Lipinski definition) is 0. The summed E-state index contributed by atoms with van der Waals surface area (Å²) >= 11 is 0. The van der Waals surface area contributed by atoms with Gasteiger partial charge in [0.1, 0.15) is 5.69 Å². The van der Waals surface area contributed by atoms with Gasteiger partial charge in [-0.25, -0.2) is 4.79 Å². The van der Waals surface area contributed by atoms with E-state index in [4.69, 9.17) is 9.84 Å². The van der Waals surface area contributed by atoms with E-state index in [1.54, 1.807) is 0 Å². The highest BCUT2D eigenvalue weighted by Gasteiger charge is 2.27. The first-order chi connectivity index (χ1) is 8.93. The lowest BCUT2D eigenvalue weighted by Crippen LogP contribution is -2.20. The van der Waals surface area contributed by atoms with Gasteiger partial charge in [0.25, 0.3) is 0 Å². The molecule has 0 spiro atoms. The lowest BCUT2D eigenvalue weighted by molar-refractivity contribution is 0.0581. The molecule has 4 nitrogen and oxygen atoms in total. The summed E-state index contributed by atoms with van der Waals surface area (Å²) in [6.45, 7) is 6.34. The molecule has 0 bridgehead atoms. The van der Waals surface area contributed by atoms with Crippen LogP contribution < -0.4 is 0 Å². The minimum Gasteiger partial charge on any atom is -0.464 e. The van der Waals surface area contributed by atoms with E-state index in [0.29, 0.717) is 11.7 Å². The van der Waals surface area contributed by atoms with Crippen molar-refractivity contribution in [2.75, 3.05) is 7.11 Å². The predicted octanol–water partition coefficient (Wildman–Crippen LogP) is 3.47. The second-order valence-electron chi connectivity index (χ2n) is 6.39. The van der Waals surface area contributed by atoms with Gasteiger partial charge in [0.15, 0.2) is 0 Å². The molecule has 19 heavy (non-hydrogen) atoms. The van der Waals surface area contributed by atoms with Crippen LogP contribution in [0.1, 0.15) is 75.1 Å². The molecule has 1 aliphatic rings. The lowest BCUT2D eigenvalue weighted by atomic mass is 9.92. The summed E-state index contributed by atoms with van der Waals surface area (Å²) in [7, 11) is 1.43. The molecule has 2 rings (SSSR count). The lowest BCUT2D eigenvalue weighted by Gasteiger charge is -2.23. The van der Waals surface area contributed by atoms with Crippen molar-refractivity contribution in [3.63, 3.8) is 0 Å². The average Bonchev–Trinajstić information content (AvgIpc) is 2.83. The summed E-state index contributed by atoms with van der Waals surface area (Å²) in [6, 6.07) is 2.24. The molecule has 1 aliphatic carbocycles. The molecule has 106 valence electrons. The summed E-state index contributed by atoms with van der Waals surface area (Å²) in [5, 5.41) is 4.69. The quantitative estimate of drug-likeness (QED) is 0.768. The van der Waals surface area contributed by atoms with Crippen LogP contribution in [-0.2, 0) is 10.2 Å². The first-order valence-electron chi connectivity index (χ1n) is 7.12. The van der Waals surface area contributed by atoms with Crippen molar-refractivity contribution in [1.29, 1.82) is 0 Å². The minimum atomic E-state index is -0.284. The standard InChI is InChI=1S/C15H24N2O2/c1-15(2,3)13-10-12(14(18)19-4)17(16-13)11-8-6-5-7-9-11/h10-11H,5-9H2,1-4H3. The van der Waals surface area contributed by atoms with E-state index in [-0.39, 0.29) is 11.4 Å². The average molecular weight is 264 g/mol. The molecule has 0 atom stereocenters. The van der Waals surface area contributed by atoms with Crippen molar-refractivity contribution in [2.45, 2.75) is 64.3 Å². The van der Waals surface area contributed by atoms with Crippen molar-refractivity contribution >= 4 is 5.97 Å². The molecule has 0 aromatic carbocycles. The second kappa shape index (κ2) is 5.35. The Labute approximate surface area is 115 Å². The van der Waals surface area contributed by atoms with Gasteiger partial charge in [0, 0.05) is 5.41 Å². The molecular weight excluding hydrogens is 240 g/mol. The smallest absolute Gasteiger partial charge is 0.356 e. The van der Waals surface area contributed by atoms with E-state index in [2.05, 4.69) is 20.8 Å². The zero-order valence-corrected chi connectivity index (χ0v) is 12.4. The summed E-state index contributed by atoms with van der Waals surface area (Å²) in [5.74, 6) is -0.284. The van der Waals surface area contributed by atoms with Crippen molar-refractivity contribution in [3.05, 3.63) is 17.5 Å². The van der Waals surface area contributed by atoms with Crippen LogP contribution >= 0.6 is 0 Å². The number of aromatic nitrogens is 2. The maximum Gasteiger partial charge on any atom is 0.356 e. The molecule has 1 heterocycles. The predicted molar refractivity (Wildman–Crippen MR) is 74.4 cm³/mol. The fourth-order valence-corrected chi connectivity index (χ4v) is 2.62. The van der Waals surface area contributed by atoms with Crippen LogP contribution in [0.4, 0.5) is 0 Å². The van der Waals surface area contributed by atoms with E-state index in [1.807, 2.05) is 10.7 Å². The summed E-state index contributed by atoms with van der Waals surface area (Å²) < 4.78 is 6.80. The Balaban J connectivity index is 2.38. The minimum absolute atomic E-state index is 0.0529. The fourth-order valence-electron chi connectivity index (χ4n) is 2.62. The first-order valence-corrected chi connectivity index (χ1v) is 7.12. The number of nitrogens with zero attached hydrogens (tertiary/aromatic N) is 2. The van der Waals surface area contributed by atoms with Crippen LogP contribution in [0.5, 0.6) is 0 Å². The highest BCUT2D eigenvalue weighted by atomic mass is 16.5. The molecule has 0 N–H and O–H groups in total. The molecule has 4 heteroatoms. The molecule has 0 saturated heterocycles. The number of rotatable bonds is 2. The van der Waals surface area contributed by atoms with Gasteiger partial charge in [-0.2, -0.15) is 5.10 Å². The molecule has 1 aromatic rings. The summed E-state index contributed by atoms with van der Waals surface area (Å²) in [4.78, 5) is 11.9. The Bertz CT molecular complexity index is 451. The Hall–Kier alpha value is -1.32. The number of ether oxygens (including phenoxy) is 1. The topological polar surface area (TPSA) is 44.1 Å². The van der Waals surface area contributed by atoms with Gasteiger partial charge in [-0.15, -0.1) is 0 Å². The Morgan fingerprint density at radius 3 is 2.47 bits per heavy atom. The first kappa shape index (κ1) is 14.1. The molecule has 1 aromatic heterocycles. The molecule has 1 fully saturated rings. The second-order valence-corrected chi connectivity index (χ2v) is 6.39. The highest BCUT2D eigenvalue weighted by Crippen LogP contribution is 2.31. The van der Waals surface area contributed by atoms with Crippen LogP contribution in [0.25, 0.3) is 0 Å². The van der Waals surface area contributed by atoms with Crippen molar-refractivity contribution in [1.82, 2.24) is 9.78 Å². The largest absolute Gasteiger partial charge is 0.464 e. The van der Waals surface area contributed by atoms with Gasteiger partial charge >= 0.3 is 5.97 Å². The zero-order valence-electron chi connectivity index (χ0n) is 12.4. The maximum atomic E-state index is 11.9. The van der Waals surface area contributed by atoms with Crippen molar-refractivity contribution < 1.29 is 9.53 Å². The van der Waals surface area contributed by atoms with Gasteiger partial charge in [-0.1, -0.05) is 40.0 Å². The van der Waals surface area contributed by atoms with Gasteiger partial charge in [-0.05, 0) is 18.9 Å². The number of methoxy groups -OCH3 is 1. The van der Waals surface area contributed by atoms with Crippen LogP contribution in [-0.4, -0.2) is 22.9 Å². The van der Waals surface area contributed by atoms with Gasteiger partial charge in [-0.3, -0.25) is 4.68 Å².